The van der Waals surface area contributed by atoms with Gasteiger partial charge in [-0.2, -0.15) is 10.5 Å². The molecule has 7 aromatic heterocycles. The molecule has 3 aliphatic rings. The highest BCUT2D eigenvalue weighted by atomic mass is 35.5. The third-order valence-electron chi connectivity index (χ3n) is 16.0. The highest BCUT2D eigenvalue weighted by Gasteiger charge is 2.27. The number of hydrogen-bond donors (Lipinski definition) is 7. The van der Waals surface area contributed by atoms with Crippen LogP contribution >= 0.6 is 45.4 Å². The Morgan fingerprint density at radius 3 is 1.05 bits per heavy atom. The van der Waals surface area contributed by atoms with E-state index in [1.807, 2.05) is 46.2 Å². The predicted octanol–water partition coefficient (Wildman–Crippen LogP) is 22.9. The van der Waals surface area contributed by atoms with E-state index in [9.17, 15) is 9.00 Å². The lowest BCUT2D eigenvalue weighted by atomic mass is 9.92. The average molecular weight is 1640 g/mol. The Kier molecular flexibility index (Phi) is 38.3. The van der Waals surface area contributed by atoms with Gasteiger partial charge in [0.1, 0.15) is 68.2 Å². The first kappa shape index (κ1) is 103. The second-order valence-corrected chi connectivity index (χ2v) is 44.2. The van der Waals surface area contributed by atoms with Crippen LogP contribution in [0, 0.1) is 68.6 Å². The Hall–Kier alpha value is -7.34. The molecule has 2 unspecified atom stereocenters. The second kappa shape index (κ2) is 41.8. The molecule has 24 heteroatoms. The van der Waals surface area contributed by atoms with E-state index >= 15 is 0 Å². The number of nitrogens with zero attached hydrogens (tertiary/aromatic N) is 10. The number of hydrogen-bond acceptors (Lipinski definition) is 13. The number of aliphatic imine (C=N–C) groups is 3. The number of rotatable bonds is 1. The van der Waals surface area contributed by atoms with E-state index in [2.05, 4.69) is 341 Å². The molecule has 7 N–H and O–H groups in total. The number of thioether (sulfide) groups is 1. The van der Waals surface area contributed by atoms with E-state index in [1.165, 1.54) is 28.4 Å². The lowest BCUT2D eigenvalue weighted by Crippen LogP contribution is -2.13. The predicted molar refractivity (Wildman–Crippen MR) is 490 cm³/mol. The van der Waals surface area contributed by atoms with E-state index in [-0.39, 0.29) is 70.4 Å². The molecule has 3 aliphatic heterocycles. The van der Waals surface area contributed by atoms with E-state index in [4.69, 9.17) is 36.0 Å². The fourth-order valence-electron chi connectivity index (χ4n) is 8.95. The maximum atomic E-state index is 11.6. The zero-order valence-corrected chi connectivity index (χ0v) is 79.5. The molecular formula is C88H141Cl2N17O2S3. The van der Waals surface area contributed by atoms with Crippen molar-refractivity contribution in [1.82, 2.24) is 69.8 Å². The molecule has 0 saturated heterocycles. The molecule has 0 bridgehead atoms. The average Bonchev–Trinajstić information content (AvgIpc) is 1.70. The number of H-pyrrole nitrogens is 7. The van der Waals surface area contributed by atoms with Crippen molar-refractivity contribution in [2.24, 2.45) is 31.2 Å². The van der Waals surface area contributed by atoms with Crippen LogP contribution in [0.4, 0.5) is 0 Å². The maximum Gasteiger partial charge on any atom is 0.177 e. The fourth-order valence-corrected chi connectivity index (χ4v) is 11.0. The van der Waals surface area contributed by atoms with Gasteiger partial charge in [-0.05, 0) is 52.0 Å². The number of ketones is 1. The van der Waals surface area contributed by atoms with Gasteiger partial charge in [0.25, 0.3) is 0 Å². The van der Waals surface area contributed by atoms with Gasteiger partial charge < -0.3 is 34.9 Å². The minimum atomic E-state index is -2.10. The number of aromatic nitrogens is 14. The third-order valence-corrected chi connectivity index (χ3v) is 19.7. The van der Waals surface area contributed by atoms with Crippen LogP contribution in [0.5, 0.6) is 0 Å². The first-order chi connectivity index (χ1) is 50.5. The number of Topliss-reactive ketones (excluding diaryl/α,β-unsaturated/α-hetero) is 1. The van der Waals surface area contributed by atoms with Crippen LogP contribution in [-0.4, -0.2) is 125 Å². The molecule has 0 radical (unpaired) electrons. The Morgan fingerprint density at radius 2 is 0.839 bits per heavy atom. The highest BCUT2D eigenvalue weighted by molar-refractivity contribution is 8.26. The van der Waals surface area contributed by atoms with Gasteiger partial charge in [0.15, 0.2) is 5.78 Å². The fraction of sp³-hybridized carbons (Fsp3) is 0.580. The maximum absolute atomic E-state index is 11.6. The summed E-state index contributed by atoms with van der Waals surface area (Å²) < 4.78 is 11.6. The van der Waals surface area contributed by atoms with Crippen LogP contribution < -0.4 is 0 Å². The quantitative estimate of drug-likeness (QED) is 0.0464. The summed E-state index contributed by atoms with van der Waals surface area (Å²) in [6.07, 6.45) is 34.2. The molecule has 112 heavy (non-hydrogen) atoms. The molecule has 7 aromatic rings. The topological polar surface area (TPSA) is 272 Å². The van der Waals surface area contributed by atoms with Gasteiger partial charge in [0.05, 0.1) is 39.4 Å². The van der Waals surface area contributed by atoms with E-state index in [0.29, 0.717) is 22.4 Å². The monoisotopic (exact) mass is 1630 g/mol. The van der Waals surface area contributed by atoms with E-state index in [0.717, 1.165) is 98.5 Å². The first-order valence-corrected chi connectivity index (χ1v) is 43.6. The van der Waals surface area contributed by atoms with Crippen LogP contribution in [0.3, 0.4) is 0 Å². The minimum absolute atomic E-state index is 0.0201. The van der Waals surface area contributed by atoms with E-state index in [1.54, 1.807) is 36.6 Å². The summed E-state index contributed by atoms with van der Waals surface area (Å²) in [5.41, 5.74) is 10.7. The van der Waals surface area contributed by atoms with Gasteiger partial charge >= 0.3 is 0 Å². The molecule has 0 spiro atoms. The molecule has 0 aliphatic carbocycles. The van der Waals surface area contributed by atoms with Gasteiger partial charge in [-0.1, -0.05) is 261 Å². The number of carbonyl (C=O) groups excluding carboxylic acids is 1. The summed E-state index contributed by atoms with van der Waals surface area (Å²) in [5.74, 6) is 19.4. The second-order valence-electron chi connectivity index (χ2n) is 38.3. The van der Waals surface area contributed by atoms with Gasteiger partial charge in [0, 0.05) is 143 Å². The summed E-state index contributed by atoms with van der Waals surface area (Å²) in [6.45, 7) is 73.1. The third kappa shape index (κ3) is 37.3. The lowest BCUT2D eigenvalue weighted by molar-refractivity contribution is 0.101. The Morgan fingerprint density at radius 1 is 0.473 bits per heavy atom. The molecular weight excluding hydrogens is 1490 g/mol. The Labute approximate surface area is 693 Å². The number of carbonyl (C=O) groups is 1. The SMILES string of the molecule is C#Cc1cnc(C(C)(C)C)[nH]1.C#Cc1nc(C(C)(C)C)[nH]c1C.C=S(C)(=O)C1=NC(C(C)(C)C)=CC1.C=S(C)C1=NC(C(C)(C)C)=CC1.CC(=O)c1cnc(C(C)(C)C)[nH]1.CC(C)(C)c1ncc(Cl)[nH]1.CSC1=NC(C(C)(C)C)=CC1.Cc1[nH]c(C(C)(C)C)nc1Cl.Cc1cnc(C(C)(C)C)[nH]1.Cc1cnc(C(C)(C)C)[nH]1. The molecule has 0 aromatic carbocycles. The number of allylic oxidation sites excluding steroid dienone is 6. The van der Waals surface area contributed by atoms with Crippen LogP contribution in [0.1, 0.15) is 319 Å². The number of imidazole rings is 7. The normalized spacial score (nSPS) is 14.5. The Balaban J connectivity index is 0.000000623. The number of terminal acetylenes is 2. The summed E-state index contributed by atoms with van der Waals surface area (Å²) in [6, 6.07) is 0. The van der Waals surface area contributed by atoms with E-state index < -0.39 is 9.52 Å². The van der Waals surface area contributed by atoms with Crippen molar-refractivity contribution in [3.63, 3.8) is 0 Å². The van der Waals surface area contributed by atoms with Crippen LogP contribution in [0.15, 0.2) is 81.3 Å². The Bertz CT molecular complexity index is 4450. The molecule has 10 rings (SSSR count). The largest absolute Gasteiger partial charge is 0.346 e. The first-order valence-electron chi connectivity index (χ1n) is 37.7. The van der Waals surface area contributed by atoms with Crippen LogP contribution in [-0.2, 0) is 47.4 Å². The lowest BCUT2D eigenvalue weighted by Gasteiger charge is -2.16. The summed E-state index contributed by atoms with van der Waals surface area (Å²) in [5, 5.41) is 4.41. The minimum Gasteiger partial charge on any atom is -0.346 e. The zero-order valence-electron chi connectivity index (χ0n) is 75.6. The summed E-state index contributed by atoms with van der Waals surface area (Å²) >= 11 is 13.2. The standard InChI is InChI=1S/C10H14N2.C10H17NOS.C10H17NS.C9H14N2O.C9H12N2.C9H15NS.C8H13ClN2.2C8H14N2.C7H11ClN2/c1-6-8-7(2)11-9(12-8)10(3,4)5;1-10(2,3)8-6-7-9(11-8)13(4,5)12;1-10(2,3)8-6-7-9(11-8)12(4)5;1-6(12)7-5-10-8(11-7)9(2,3)4;1-5-7-6-10-8(11-7)9(2,3)4;1-9(2,3)7-5-6-8(10-7)11-4;1-5-6(9)11-7(10-5)8(2,3)4;2*1-6-5-9-7(10-6)8(2,3)4;1-7(2,3)6-9-4-5(8)10-6/h1H,2-5H3,(H,11,12);6H,4,7H2,1-3,5H3;6H,4,7H2,1-3,5H3;5H,1-4H3,(H,10,11);1,6H,2-4H3,(H,10,11);5H,6H2,1-4H3;1-4H3,(H,10,11);2*5H,1-4H3,(H,9,10);4H,1-3H3,(H,9,10). The number of aryl methyl sites for hydroxylation is 4. The smallest absolute Gasteiger partial charge is 0.177 e. The summed E-state index contributed by atoms with van der Waals surface area (Å²) in [4.78, 5) is 75.5. The number of nitrogens with one attached hydrogen (secondary N) is 7. The van der Waals surface area contributed by atoms with Gasteiger partial charge in [-0.25, -0.2) is 39.9 Å². The molecule has 10 heterocycles. The van der Waals surface area contributed by atoms with Gasteiger partial charge in [-0.15, -0.1) is 24.6 Å². The van der Waals surface area contributed by atoms with Gasteiger partial charge in [-0.3, -0.25) is 19.0 Å². The van der Waals surface area contributed by atoms with Crippen molar-refractivity contribution in [3.05, 3.63) is 157 Å². The van der Waals surface area contributed by atoms with Crippen molar-refractivity contribution in [2.45, 2.75) is 299 Å². The number of halogens is 2. The van der Waals surface area contributed by atoms with Crippen molar-refractivity contribution >= 4 is 87.6 Å². The summed E-state index contributed by atoms with van der Waals surface area (Å²) in [7, 11) is -2.00. The molecule has 2 atom stereocenters. The van der Waals surface area contributed by atoms with Crippen molar-refractivity contribution in [2.75, 3.05) is 18.8 Å². The van der Waals surface area contributed by atoms with Crippen molar-refractivity contribution in [1.29, 1.82) is 0 Å². The van der Waals surface area contributed by atoms with Gasteiger partial charge in [0.2, 0.25) is 0 Å². The number of aromatic amines is 7. The molecule has 0 saturated carbocycles. The van der Waals surface area contributed by atoms with Crippen molar-refractivity contribution < 1.29 is 9.00 Å². The molecule has 19 nitrogen and oxygen atoms in total. The zero-order chi connectivity index (χ0) is 87.3. The van der Waals surface area contributed by atoms with Crippen molar-refractivity contribution in [3.8, 4) is 24.7 Å². The molecule has 0 fully saturated rings. The van der Waals surface area contributed by atoms with Crippen LogP contribution in [0.25, 0.3) is 0 Å². The van der Waals surface area contributed by atoms with Crippen LogP contribution in [0.2, 0.25) is 10.3 Å². The molecule has 622 valence electrons. The highest BCUT2D eigenvalue weighted by Crippen LogP contribution is 2.35. The molecule has 0 amide bonds.